The Kier molecular flexibility index (Phi) is 6.21. The SMILES string of the molecule is CC[C@H]1C(=O)N(C)c2cnc(NCc3cnn(Cc4cc(F)c(F)c(F)c4)c3)nc2N1CC. The molecule has 8 nitrogen and oxygen atoms in total. The number of amides is 1. The predicted molar refractivity (Wildman–Crippen MR) is 118 cm³/mol. The van der Waals surface area contributed by atoms with Crippen LogP contribution >= 0.6 is 0 Å². The molecule has 1 aliphatic rings. The van der Waals surface area contributed by atoms with Crippen molar-refractivity contribution in [2.75, 3.05) is 28.7 Å². The summed E-state index contributed by atoms with van der Waals surface area (Å²) in [6.45, 7) is 5.04. The smallest absolute Gasteiger partial charge is 0.249 e. The van der Waals surface area contributed by atoms with Crippen molar-refractivity contribution in [2.45, 2.75) is 39.4 Å². The van der Waals surface area contributed by atoms with Crippen LogP contribution in [0.1, 0.15) is 31.4 Å². The summed E-state index contributed by atoms with van der Waals surface area (Å²) in [7, 11) is 1.72. The molecule has 33 heavy (non-hydrogen) atoms. The van der Waals surface area contributed by atoms with Crippen molar-refractivity contribution in [3.8, 4) is 0 Å². The molecule has 2 aromatic heterocycles. The Balaban J connectivity index is 1.46. The summed E-state index contributed by atoms with van der Waals surface area (Å²) in [5.74, 6) is -2.84. The highest BCUT2D eigenvalue weighted by Crippen LogP contribution is 2.34. The molecule has 0 radical (unpaired) electrons. The number of hydrogen-bond acceptors (Lipinski definition) is 6. The summed E-state index contributed by atoms with van der Waals surface area (Å²) in [5, 5.41) is 7.33. The third kappa shape index (κ3) is 4.35. The maximum Gasteiger partial charge on any atom is 0.249 e. The second-order valence-electron chi connectivity index (χ2n) is 7.78. The zero-order valence-electron chi connectivity index (χ0n) is 18.5. The van der Waals surface area contributed by atoms with Crippen LogP contribution in [0, 0.1) is 17.5 Å². The summed E-state index contributed by atoms with van der Waals surface area (Å²) < 4.78 is 41.5. The van der Waals surface area contributed by atoms with Crippen LogP contribution in [0.4, 0.5) is 30.6 Å². The van der Waals surface area contributed by atoms with Gasteiger partial charge in [0.2, 0.25) is 11.9 Å². The first-order valence-corrected chi connectivity index (χ1v) is 10.6. The van der Waals surface area contributed by atoms with E-state index in [1.165, 1.54) is 4.68 Å². The molecule has 0 spiro atoms. The van der Waals surface area contributed by atoms with Crippen LogP contribution < -0.4 is 15.1 Å². The standard InChI is InChI=1S/C22H24F3N7O/c1-4-17-21(33)30(3)18-10-27-22(29-20(18)32(17)5-2)26-8-14-9-28-31(12-14)11-13-6-15(23)19(25)16(24)7-13/h6-7,9-10,12,17H,4-5,8,11H2,1-3H3,(H,26,27,29)/t17-/m0/s1. The molecule has 1 aromatic carbocycles. The van der Waals surface area contributed by atoms with Gasteiger partial charge in [-0.05, 0) is 31.0 Å². The fourth-order valence-electron chi connectivity index (χ4n) is 3.94. The molecule has 0 unspecified atom stereocenters. The summed E-state index contributed by atoms with van der Waals surface area (Å²) in [4.78, 5) is 25.1. The van der Waals surface area contributed by atoms with Gasteiger partial charge < -0.3 is 15.1 Å². The van der Waals surface area contributed by atoms with Gasteiger partial charge in [-0.15, -0.1) is 0 Å². The van der Waals surface area contributed by atoms with E-state index in [-0.39, 0.29) is 24.1 Å². The van der Waals surface area contributed by atoms with Gasteiger partial charge in [-0.2, -0.15) is 10.1 Å². The number of likely N-dealkylation sites (N-methyl/N-ethyl adjacent to an activating group) is 2. The van der Waals surface area contributed by atoms with Crippen LogP contribution in [0.5, 0.6) is 0 Å². The quantitative estimate of drug-likeness (QED) is 0.546. The maximum absolute atomic E-state index is 13.4. The van der Waals surface area contributed by atoms with Crippen LogP contribution in [-0.2, 0) is 17.9 Å². The lowest BCUT2D eigenvalue weighted by atomic mass is 10.1. The van der Waals surface area contributed by atoms with E-state index < -0.39 is 17.5 Å². The number of hydrogen-bond donors (Lipinski definition) is 1. The van der Waals surface area contributed by atoms with Gasteiger partial charge in [0.05, 0.1) is 18.9 Å². The molecule has 0 saturated carbocycles. The summed E-state index contributed by atoms with van der Waals surface area (Å²) in [6.07, 6.45) is 5.62. The lowest BCUT2D eigenvalue weighted by molar-refractivity contribution is -0.120. The van der Waals surface area contributed by atoms with Gasteiger partial charge in [0.1, 0.15) is 11.7 Å². The normalized spacial score (nSPS) is 15.7. The fraction of sp³-hybridized carbons (Fsp3) is 0.364. The number of carbonyl (C=O) groups is 1. The van der Waals surface area contributed by atoms with E-state index in [0.717, 1.165) is 17.7 Å². The van der Waals surface area contributed by atoms with E-state index in [1.54, 1.807) is 30.5 Å². The molecule has 0 aliphatic carbocycles. The monoisotopic (exact) mass is 459 g/mol. The van der Waals surface area contributed by atoms with Crippen molar-refractivity contribution in [1.82, 2.24) is 19.7 Å². The number of nitrogens with zero attached hydrogens (tertiary/aromatic N) is 6. The highest BCUT2D eigenvalue weighted by atomic mass is 19.2. The van der Waals surface area contributed by atoms with Gasteiger partial charge in [0.25, 0.3) is 0 Å². The van der Waals surface area contributed by atoms with Crippen molar-refractivity contribution in [3.05, 3.63) is 59.3 Å². The molecule has 174 valence electrons. The highest BCUT2D eigenvalue weighted by molar-refractivity contribution is 6.04. The van der Waals surface area contributed by atoms with Crippen molar-refractivity contribution in [3.63, 3.8) is 0 Å². The molecular weight excluding hydrogens is 435 g/mol. The number of benzene rings is 1. The van der Waals surface area contributed by atoms with E-state index in [2.05, 4.69) is 20.4 Å². The second-order valence-corrected chi connectivity index (χ2v) is 7.78. The third-order valence-electron chi connectivity index (χ3n) is 5.63. The van der Waals surface area contributed by atoms with E-state index in [1.807, 2.05) is 18.7 Å². The van der Waals surface area contributed by atoms with Crippen LogP contribution in [0.15, 0.2) is 30.7 Å². The topological polar surface area (TPSA) is 79.2 Å². The first-order valence-electron chi connectivity index (χ1n) is 10.6. The minimum Gasteiger partial charge on any atom is -0.350 e. The highest BCUT2D eigenvalue weighted by Gasteiger charge is 2.36. The number of carbonyl (C=O) groups excluding carboxylic acids is 1. The lowest BCUT2D eigenvalue weighted by Crippen LogP contribution is -2.52. The molecule has 0 saturated heterocycles. The fourth-order valence-corrected chi connectivity index (χ4v) is 3.94. The Morgan fingerprint density at radius 2 is 1.82 bits per heavy atom. The van der Waals surface area contributed by atoms with Crippen molar-refractivity contribution in [2.24, 2.45) is 0 Å². The van der Waals surface area contributed by atoms with Gasteiger partial charge in [-0.1, -0.05) is 6.92 Å². The van der Waals surface area contributed by atoms with Gasteiger partial charge in [0.15, 0.2) is 23.3 Å². The molecule has 0 bridgehead atoms. The van der Waals surface area contributed by atoms with Crippen molar-refractivity contribution >= 4 is 23.4 Å². The Hall–Kier alpha value is -3.63. The number of nitrogens with one attached hydrogen (secondary N) is 1. The number of rotatable bonds is 7. The summed E-state index contributed by atoms with van der Waals surface area (Å²) in [6, 6.07) is 1.63. The molecule has 1 N–H and O–H groups in total. The Labute approximate surface area is 189 Å². The number of anilines is 3. The zero-order chi connectivity index (χ0) is 23.7. The first kappa shape index (κ1) is 22.6. The van der Waals surface area contributed by atoms with E-state index >= 15 is 0 Å². The molecule has 1 aliphatic heterocycles. The maximum atomic E-state index is 13.4. The molecule has 11 heteroatoms. The predicted octanol–water partition coefficient (Wildman–Crippen LogP) is 3.33. The van der Waals surface area contributed by atoms with E-state index in [9.17, 15) is 18.0 Å². The van der Waals surface area contributed by atoms with Crippen molar-refractivity contribution in [1.29, 1.82) is 0 Å². The van der Waals surface area contributed by atoms with Crippen LogP contribution in [0.3, 0.4) is 0 Å². The minimum atomic E-state index is -1.49. The lowest BCUT2D eigenvalue weighted by Gasteiger charge is -2.39. The molecule has 4 rings (SSSR count). The molecular formula is C22H24F3N7O. The second kappa shape index (κ2) is 9.08. The minimum absolute atomic E-state index is 0.0180. The third-order valence-corrected chi connectivity index (χ3v) is 5.63. The Morgan fingerprint density at radius 1 is 1.09 bits per heavy atom. The van der Waals surface area contributed by atoms with E-state index in [4.69, 9.17) is 0 Å². The Bertz CT molecular complexity index is 1160. The number of fused-ring (bicyclic) bond motifs is 1. The number of aromatic nitrogens is 4. The zero-order valence-corrected chi connectivity index (χ0v) is 18.5. The average molecular weight is 459 g/mol. The molecule has 3 aromatic rings. The van der Waals surface area contributed by atoms with Gasteiger partial charge >= 0.3 is 0 Å². The van der Waals surface area contributed by atoms with Gasteiger partial charge in [-0.3, -0.25) is 9.48 Å². The summed E-state index contributed by atoms with van der Waals surface area (Å²) in [5.41, 5.74) is 1.71. The average Bonchev–Trinajstić information content (AvgIpc) is 3.25. The van der Waals surface area contributed by atoms with Crippen LogP contribution in [0.2, 0.25) is 0 Å². The largest absolute Gasteiger partial charge is 0.350 e. The van der Waals surface area contributed by atoms with Gasteiger partial charge in [0, 0.05) is 31.9 Å². The Morgan fingerprint density at radius 3 is 2.48 bits per heavy atom. The first-order chi connectivity index (χ1) is 15.8. The summed E-state index contributed by atoms with van der Waals surface area (Å²) >= 11 is 0. The van der Waals surface area contributed by atoms with Crippen LogP contribution in [0.25, 0.3) is 0 Å². The van der Waals surface area contributed by atoms with E-state index in [0.29, 0.717) is 37.0 Å². The van der Waals surface area contributed by atoms with Gasteiger partial charge in [-0.25, -0.2) is 18.2 Å². The molecule has 3 heterocycles. The van der Waals surface area contributed by atoms with Crippen molar-refractivity contribution < 1.29 is 18.0 Å². The molecule has 1 atom stereocenters. The number of halogens is 3. The molecule has 0 fully saturated rings. The molecule has 1 amide bonds. The van der Waals surface area contributed by atoms with Crippen LogP contribution in [-0.4, -0.2) is 45.3 Å².